The van der Waals surface area contributed by atoms with Gasteiger partial charge in [0.2, 0.25) is 0 Å². The molecule has 0 bridgehead atoms. The molecule has 0 radical (unpaired) electrons. The first kappa shape index (κ1) is 16.7. The van der Waals surface area contributed by atoms with Gasteiger partial charge < -0.3 is 10.5 Å². The summed E-state index contributed by atoms with van der Waals surface area (Å²) in [5.41, 5.74) is 8.76. The molecular formula is C18H12F3N3O. The van der Waals surface area contributed by atoms with Crippen LogP contribution in [0.4, 0.5) is 13.2 Å². The second-order valence-electron chi connectivity index (χ2n) is 5.25. The Labute approximate surface area is 141 Å². The predicted molar refractivity (Wildman–Crippen MR) is 86.5 cm³/mol. The lowest BCUT2D eigenvalue weighted by molar-refractivity contribution is -0.274. The number of nitriles is 1. The first-order chi connectivity index (χ1) is 11.9. The molecule has 0 unspecified atom stereocenters. The number of alkyl halides is 3. The summed E-state index contributed by atoms with van der Waals surface area (Å²) >= 11 is 0. The number of benzene rings is 2. The molecule has 0 aliphatic rings. The maximum atomic E-state index is 12.3. The van der Waals surface area contributed by atoms with Gasteiger partial charge in [0.05, 0.1) is 11.1 Å². The number of nitrogens with zero attached hydrogens (tertiary/aromatic N) is 2. The van der Waals surface area contributed by atoms with Gasteiger partial charge in [-0.3, -0.25) is 4.98 Å². The van der Waals surface area contributed by atoms with Gasteiger partial charge in [-0.25, -0.2) is 0 Å². The molecule has 126 valence electrons. The molecule has 0 saturated heterocycles. The highest BCUT2D eigenvalue weighted by Crippen LogP contribution is 2.33. The number of nitrogens with two attached hydrogens (primary N) is 1. The lowest BCUT2D eigenvalue weighted by Crippen LogP contribution is -2.16. The monoisotopic (exact) mass is 343 g/mol. The van der Waals surface area contributed by atoms with Gasteiger partial charge in [0.15, 0.2) is 0 Å². The third-order valence-corrected chi connectivity index (χ3v) is 3.70. The maximum Gasteiger partial charge on any atom is 0.573 e. The predicted octanol–water partition coefficient (Wildman–Crippen LogP) is 4.13. The zero-order chi connectivity index (χ0) is 18.0. The van der Waals surface area contributed by atoms with Crippen molar-refractivity contribution < 1.29 is 17.9 Å². The van der Waals surface area contributed by atoms with E-state index in [4.69, 9.17) is 5.73 Å². The summed E-state index contributed by atoms with van der Waals surface area (Å²) in [5, 5.41) is 10.0. The molecule has 3 rings (SSSR count). The highest BCUT2D eigenvalue weighted by molar-refractivity contribution is 5.97. The molecule has 1 heterocycles. The Morgan fingerprint density at radius 3 is 2.48 bits per heavy atom. The fourth-order valence-electron chi connectivity index (χ4n) is 2.66. The Morgan fingerprint density at radius 1 is 1.16 bits per heavy atom. The van der Waals surface area contributed by atoms with Crippen LogP contribution in [0.25, 0.3) is 22.0 Å². The van der Waals surface area contributed by atoms with Crippen LogP contribution in [-0.2, 0) is 6.54 Å². The average Bonchev–Trinajstić information content (AvgIpc) is 2.59. The van der Waals surface area contributed by atoms with Crippen molar-refractivity contribution >= 4 is 10.9 Å². The van der Waals surface area contributed by atoms with Gasteiger partial charge in [0.25, 0.3) is 0 Å². The smallest absolute Gasteiger partial charge is 0.406 e. The third-order valence-electron chi connectivity index (χ3n) is 3.70. The molecule has 7 heteroatoms. The Bertz CT molecular complexity index is 960. The molecule has 0 fully saturated rings. The summed E-state index contributed by atoms with van der Waals surface area (Å²) in [6, 6.07) is 12.9. The van der Waals surface area contributed by atoms with Crippen LogP contribution in [0, 0.1) is 11.3 Å². The minimum Gasteiger partial charge on any atom is -0.406 e. The fraction of sp³-hybridized carbons (Fsp3) is 0.111. The van der Waals surface area contributed by atoms with Crippen LogP contribution >= 0.6 is 0 Å². The Morgan fingerprint density at radius 2 is 1.88 bits per heavy atom. The van der Waals surface area contributed by atoms with Gasteiger partial charge in [-0.05, 0) is 41.5 Å². The zero-order valence-electron chi connectivity index (χ0n) is 12.8. The molecule has 0 amide bonds. The number of ether oxygens (including phenoxy) is 1. The summed E-state index contributed by atoms with van der Waals surface area (Å²) < 4.78 is 40.7. The normalized spacial score (nSPS) is 11.3. The van der Waals surface area contributed by atoms with E-state index in [0.29, 0.717) is 33.2 Å². The lowest BCUT2D eigenvalue weighted by atomic mass is 9.94. The zero-order valence-corrected chi connectivity index (χ0v) is 12.8. The Balaban J connectivity index is 2.14. The molecule has 0 spiro atoms. The van der Waals surface area contributed by atoms with E-state index < -0.39 is 6.36 Å². The highest BCUT2D eigenvalue weighted by atomic mass is 19.4. The second-order valence-corrected chi connectivity index (χ2v) is 5.25. The van der Waals surface area contributed by atoms with Crippen molar-refractivity contribution in [3.05, 3.63) is 59.8 Å². The molecule has 2 aromatic carbocycles. The molecule has 0 aliphatic carbocycles. The van der Waals surface area contributed by atoms with Crippen molar-refractivity contribution in [2.24, 2.45) is 5.73 Å². The molecule has 2 N–H and O–H groups in total. The van der Waals surface area contributed by atoms with Crippen molar-refractivity contribution in [3.8, 4) is 22.9 Å². The van der Waals surface area contributed by atoms with E-state index in [0.717, 1.165) is 0 Å². The van der Waals surface area contributed by atoms with Crippen molar-refractivity contribution in [1.82, 2.24) is 4.98 Å². The molecule has 3 aromatic rings. The Kier molecular flexibility index (Phi) is 4.30. The van der Waals surface area contributed by atoms with Gasteiger partial charge >= 0.3 is 6.36 Å². The average molecular weight is 343 g/mol. The second kappa shape index (κ2) is 6.42. The fourth-order valence-corrected chi connectivity index (χ4v) is 2.66. The SMILES string of the molecule is N#Cc1c(CN)cc(-c2ccc(OC(F)(F)F)cc2)c2ncccc12. The molecular weight excluding hydrogens is 331 g/mol. The topological polar surface area (TPSA) is 71.9 Å². The van der Waals surface area contributed by atoms with E-state index in [1.165, 1.54) is 24.3 Å². The van der Waals surface area contributed by atoms with Gasteiger partial charge in [-0.1, -0.05) is 12.1 Å². The molecule has 0 saturated carbocycles. The third kappa shape index (κ3) is 3.39. The minimum atomic E-state index is -4.74. The number of fused-ring (bicyclic) bond motifs is 1. The minimum absolute atomic E-state index is 0.163. The first-order valence-electron chi connectivity index (χ1n) is 7.30. The van der Waals surface area contributed by atoms with Crippen LogP contribution in [0.2, 0.25) is 0 Å². The quantitative estimate of drug-likeness (QED) is 0.776. The molecule has 0 atom stereocenters. The first-order valence-corrected chi connectivity index (χ1v) is 7.30. The Hall–Kier alpha value is -3.11. The summed E-state index contributed by atoms with van der Waals surface area (Å²) in [6.45, 7) is 0.163. The lowest BCUT2D eigenvalue weighted by Gasteiger charge is -2.13. The summed E-state index contributed by atoms with van der Waals surface area (Å²) in [4.78, 5) is 4.32. The number of hydrogen-bond acceptors (Lipinski definition) is 4. The number of aromatic nitrogens is 1. The van der Waals surface area contributed by atoms with Crippen LogP contribution in [0.1, 0.15) is 11.1 Å². The van der Waals surface area contributed by atoms with Crippen LogP contribution < -0.4 is 10.5 Å². The summed E-state index contributed by atoms with van der Waals surface area (Å²) in [7, 11) is 0. The standard InChI is InChI=1S/C18H12F3N3O/c19-18(20,21)25-13-5-3-11(4-6-13)15-8-12(9-22)16(10-23)14-2-1-7-24-17(14)15/h1-8H,9,22H2. The van der Waals surface area contributed by atoms with Crippen molar-refractivity contribution in [1.29, 1.82) is 5.26 Å². The number of rotatable bonds is 3. The largest absolute Gasteiger partial charge is 0.573 e. The van der Waals surface area contributed by atoms with E-state index in [-0.39, 0.29) is 12.3 Å². The number of halogens is 3. The van der Waals surface area contributed by atoms with Gasteiger partial charge in [0, 0.05) is 23.7 Å². The number of hydrogen-bond donors (Lipinski definition) is 1. The van der Waals surface area contributed by atoms with Crippen molar-refractivity contribution in [2.45, 2.75) is 12.9 Å². The van der Waals surface area contributed by atoms with E-state index in [1.807, 2.05) is 0 Å². The molecule has 0 aliphatic heterocycles. The van der Waals surface area contributed by atoms with E-state index >= 15 is 0 Å². The highest BCUT2D eigenvalue weighted by Gasteiger charge is 2.31. The van der Waals surface area contributed by atoms with Crippen LogP contribution in [0.5, 0.6) is 5.75 Å². The van der Waals surface area contributed by atoms with Gasteiger partial charge in [0.1, 0.15) is 11.8 Å². The molecule has 1 aromatic heterocycles. The summed E-state index contributed by atoms with van der Waals surface area (Å²) in [6.07, 6.45) is -3.15. The maximum absolute atomic E-state index is 12.3. The van der Waals surface area contributed by atoms with Crippen molar-refractivity contribution in [3.63, 3.8) is 0 Å². The van der Waals surface area contributed by atoms with Crippen molar-refractivity contribution in [2.75, 3.05) is 0 Å². The molecule has 4 nitrogen and oxygen atoms in total. The van der Waals surface area contributed by atoms with Crippen LogP contribution in [-0.4, -0.2) is 11.3 Å². The van der Waals surface area contributed by atoms with E-state index in [2.05, 4.69) is 15.8 Å². The number of pyridine rings is 1. The van der Waals surface area contributed by atoms with E-state index in [9.17, 15) is 18.4 Å². The van der Waals surface area contributed by atoms with Crippen LogP contribution in [0.15, 0.2) is 48.7 Å². The van der Waals surface area contributed by atoms with Gasteiger partial charge in [-0.15, -0.1) is 13.2 Å². The van der Waals surface area contributed by atoms with E-state index in [1.54, 1.807) is 24.4 Å². The summed E-state index contributed by atoms with van der Waals surface area (Å²) in [5.74, 6) is -0.304. The molecule has 25 heavy (non-hydrogen) atoms. The van der Waals surface area contributed by atoms with Gasteiger partial charge in [-0.2, -0.15) is 5.26 Å². The van der Waals surface area contributed by atoms with Crippen LogP contribution in [0.3, 0.4) is 0 Å².